The first-order valence-electron chi connectivity index (χ1n) is 12.0. The molecule has 4 rings (SSSR count). The zero-order chi connectivity index (χ0) is 26.5. The number of benzene rings is 2. The van der Waals surface area contributed by atoms with Gasteiger partial charge in [-0.3, -0.25) is 14.9 Å². The third-order valence-corrected chi connectivity index (χ3v) is 6.86. The van der Waals surface area contributed by atoms with Crippen LogP contribution in [0, 0.1) is 11.8 Å². The first-order chi connectivity index (χ1) is 17.7. The molecular formula is C26H28ClN5O5. The van der Waals surface area contributed by atoms with Gasteiger partial charge in [0.2, 0.25) is 5.91 Å². The molecule has 2 unspecified atom stereocenters. The van der Waals surface area contributed by atoms with E-state index in [2.05, 4.69) is 20.9 Å². The summed E-state index contributed by atoms with van der Waals surface area (Å²) < 4.78 is 6.91. The molecule has 1 saturated carbocycles. The summed E-state index contributed by atoms with van der Waals surface area (Å²) in [6.07, 6.45) is 1.45. The van der Waals surface area contributed by atoms with Crippen molar-refractivity contribution >= 4 is 41.1 Å². The van der Waals surface area contributed by atoms with Crippen molar-refractivity contribution in [3.05, 3.63) is 59.1 Å². The molecule has 1 heterocycles. The van der Waals surface area contributed by atoms with E-state index in [1.165, 1.54) is 4.68 Å². The number of amides is 2. The Labute approximate surface area is 219 Å². The van der Waals surface area contributed by atoms with Gasteiger partial charge in [0.1, 0.15) is 11.8 Å². The Morgan fingerprint density at radius 3 is 2.41 bits per heavy atom. The lowest BCUT2D eigenvalue weighted by molar-refractivity contribution is -0.147. The molecule has 37 heavy (non-hydrogen) atoms. The molecule has 3 aromatic rings. The van der Waals surface area contributed by atoms with Crippen molar-refractivity contribution in [2.24, 2.45) is 18.9 Å². The predicted molar refractivity (Wildman–Crippen MR) is 138 cm³/mol. The van der Waals surface area contributed by atoms with Gasteiger partial charge < -0.3 is 15.2 Å². The molecule has 0 saturated heterocycles. The number of aliphatic carboxylic acids is 1. The van der Waals surface area contributed by atoms with E-state index in [9.17, 15) is 19.5 Å². The minimum Gasteiger partial charge on any atom is -0.481 e. The highest BCUT2D eigenvalue weighted by molar-refractivity contribution is 6.31. The number of carbonyl (C=O) groups is 3. The minimum atomic E-state index is -0.933. The molecule has 0 radical (unpaired) electrons. The number of carboxylic acid groups (broad SMARTS) is 1. The highest BCUT2D eigenvalue weighted by Gasteiger charge is 2.35. The Bertz CT molecular complexity index is 1290. The number of nitrogens with zero attached hydrogens (tertiary/aromatic N) is 3. The molecular weight excluding hydrogens is 498 g/mol. The van der Waals surface area contributed by atoms with Gasteiger partial charge in [-0.15, -0.1) is 5.10 Å². The van der Waals surface area contributed by atoms with Crippen LogP contribution in [-0.2, 0) is 21.4 Å². The SMILES string of the molecule is C[C@@H](OC(=O)Nc1c(-c2ccc(NC(=O)C3CCCCC3C(=O)O)cc2)nnn1C)c1ccccc1Cl. The van der Waals surface area contributed by atoms with Crippen molar-refractivity contribution in [2.45, 2.75) is 38.7 Å². The van der Waals surface area contributed by atoms with Crippen LogP contribution in [0.5, 0.6) is 0 Å². The molecule has 10 nitrogen and oxygen atoms in total. The van der Waals surface area contributed by atoms with Gasteiger partial charge in [0.25, 0.3) is 0 Å². The molecule has 1 aromatic heterocycles. The maximum Gasteiger partial charge on any atom is 0.413 e. The van der Waals surface area contributed by atoms with Crippen LogP contribution in [0.15, 0.2) is 48.5 Å². The number of nitrogens with one attached hydrogen (secondary N) is 2. The Kier molecular flexibility index (Phi) is 8.08. The van der Waals surface area contributed by atoms with E-state index in [0.717, 1.165) is 12.8 Å². The van der Waals surface area contributed by atoms with Gasteiger partial charge >= 0.3 is 12.1 Å². The number of rotatable bonds is 7. The topological polar surface area (TPSA) is 135 Å². The quantitative estimate of drug-likeness (QED) is 0.382. The number of aromatic nitrogens is 3. The first-order valence-corrected chi connectivity index (χ1v) is 12.4. The number of anilines is 2. The Hall–Kier alpha value is -3.92. The largest absolute Gasteiger partial charge is 0.481 e. The average molecular weight is 526 g/mol. The number of carboxylic acids is 1. The van der Waals surface area contributed by atoms with E-state index in [4.69, 9.17) is 16.3 Å². The molecule has 0 spiro atoms. The summed E-state index contributed by atoms with van der Waals surface area (Å²) >= 11 is 6.20. The van der Waals surface area contributed by atoms with Gasteiger partial charge in [0.15, 0.2) is 5.82 Å². The van der Waals surface area contributed by atoms with E-state index >= 15 is 0 Å². The number of ether oxygens (including phenoxy) is 1. The molecule has 194 valence electrons. The fourth-order valence-electron chi connectivity index (χ4n) is 4.53. The van der Waals surface area contributed by atoms with Crippen LogP contribution >= 0.6 is 11.6 Å². The van der Waals surface area contributed by atoms with E-state index < -0.39 is 30.0 Å². The van der Waals surface area contributed by atoms with E-state index in [1.54, 1.807) is 56.4 Å². The summed E-state index contributed by atoms with van der Waals surface area (Å²) in [7, 11) is 1.64. The lowest BCUT2D eigenvalue weighted by Crippen LogP contribution is -2.36. The summed E-state index contributed by atoms with van der Waals surface area (Å²) in [6, 6.07) is 14.0. The van der Waals surface area contributed by atoms with Gasteiger partial charge in [-0.2, -0.15) is 0 Å². The number of carbonyl (C=O) groups excluding carboxylic acids is 2. The second-order valence-corrected chi connectivity index (χ2v) is 9.41. The molecule has 2 aromatic carbocycles. The second-order valence-electron chi connectivity index (χ2n) is 9.01. The van der Waals surface area contributed by atoms with Crippen molar-refractivity contribution in [1.82, 2.24) is 15.0 Å². The molecule has 1 aliphatic carbocycles. The molecule has 0 aliphatic heterocycles. The van der Waals surface area contributed by atoms with Crippen LogP contribution in [0.1, 0.15) is 44.3 Å². The average Bonchev–Trinajstić information content (AvgIpc) is 3.24. The lowest BCUT2D eigenvalue weighted by Gasteiger charge is -2.27. The van der Waals surface area contributed by atoms with Gasteiger partial charge in [-0.05, 0) is 38.0 Å². The minimum absolute atomic E-state index is 0.294. The zero-order valence-corrected chi connectivity index (χ0v) is 21.2. The normalized spacial score (nSPS) is 18.0. The van der Waals surface area contributed by atoms with Gasteiger partial charge in [0, 0.05) is 28.9 Å². The van der Waals surface area contributed by atoms with Gasteiger partial charge in [-0.25, -0.2) is 9.48 Å². The van der Waals surface area contributed by atoms with E-state index in [0.29, 0.717) is 46.2 Å². The molecule has 11 heteroatoms. The summed E-state index contributed by atoms with van der Waals surface area (Å²) in [5.41, 5.74) is 2.29. The number of hydrogen-bond donors (Lipinski definition) is 3. The highest BCUT2D eigenvalue weighted by Crippen LogP contribution is 2.32. The Morgan fingerprint density at radius 2 is 1.73 bits per heavy atom. The van der Waals surface area contributed by atoms with Crippen LogP contribution < -0.4 is 10.6 Å². The maximum absolute atomic E-state index is 12.8. The van der Waals surface area contributed by atoms with Gasteiger partial charge in [0.05, 0.1) is 11.8 Å². The van der Waals surface area contributed by atoms with Crippen molar-refractivity contribution in [3.8, 4) is 11.3 Å². The number of hydrogen-bond acceptors (Lipinski definition) is 6. The third-order valence-electron chi connectivity index (χ3n) is 6.52. The summed E-state index contributed by atoms with van der Waals surface area (Å²) in [6.45, 7) is 1.72. The maximum atomic E-state index is 12.8. The smallest absolute Gasteiger partial charge is 0.413 e. The fourth-order valence-corrected chi connectivity index (χ4v) is 4.82. The monoisotopic (exact) mass is 525 g/mol. The van der Waals surface area contributed by atoms with Crippen LogP contribution in [0.4, 0.5) is 16.3 Å². The fraction of sp³-hybridized carbons (Fsp3) is 0.346. The third kappa shape index (κ3) is 6.08. The van der Waals surface area contributed by atoms with Crippen molar-refractivity contribution in [3.63, 3.8) is 0 Å². The molecule has 3 atom stereocenters. The van der Waals surface area contributed by atoms with Crippen LogP contribution in [0.25, 0.3) is 11.3 Å². The number of aryl methyl sites for hydroxylation is 1. The van der Waals surface area contributed by atoms with Crippen molar-refractivity contribution in [1.29, 1.82) is 0 Å². The molecule has 0 bridgehead atoms. The molecule has 1 fully saturated rings. The van der Waals surface area contributed by atoms with Gasteiger partial charge in [-0.1, -0.05) is 60.0 Å². The standard InChI is InChI=1S/C26H28ClN5O5/c1-15(18-7-5-6-10-21(18)27)37-26(36)29-23-22(30-31-32(23)2)16-11-13-17(14-12-16)28-24(33)19-8-3-4-9-20(19)25(34)35/h5-7,10-15,19-20H,3-4,8-9H2,1-2H3,(H,28,33)(H,29,36)(H,34,35)/t15-,19?,20?/m1/s1. The second kappa shape index (κ2) is 11.4. The highest BCUT2D eigenvalue weighted by atomic mass is 35.5. The molecule has 3 N–H and O–H groups in total. The van der Waals surface area contributed by atoms with Crippen LogP contribution in [0.2, 0.25) is 5.02 Å². The van der Waals surface area contributed by atoms with E-state index in [-0.39, 0.29) is 5.91 Å². The summed E-state index contributed by atoms with van der Waals surface area (Å²) in [5, 5.41) is 23.6. The van der Waals surface area contributed by atoms with E-state index in [1.807, 2.05) is 6.07 Å². The van der Waals surface area contributed by atoms with Crippen molar-refractivity contribution < 1.29 is 24.2 Å². The first kappa shape index (κ1) is 26.2. The summed E-state index contributed by atoms with van der Waals surface area (Å²) in [5.74, 6) is -2.11. The molecule has 1 aliphatic rings. The van der Waals surface area contributed by atoms with Crippen molar-refractivity contribution in [2.75, 3.05) is 10.6 Å². The van der Waals surface area contributed by atoms with Crippen LogP contribution in [0.3, 0.4) is 0 Å². The van der Waals surface area contributed by atoms with Crippen LogP contribution in [-0.4, -0.2) is 38.1 Å². The number of halogens is 1. The Balaban J connectivity index is 1.43. The lowest BCUT2D eigenvalue weighted by atomic mass is 9.78. The molecule has 2 amide bonds. The zero-order valence-electron chi connectivity index (χ0n) is 20.5. The predicted octanol–water partition coefficient (Wildman–Crippen LogP) is 5.27. The Morgan fingerprint density at radius 1 is 1.05 bits per heavy atom. The summed E-state index contributed by atoms with van der Waals surface area (Å²) in [4.78, 5) is 36.9.